The van der Waals surface area contributed by atoms with Crippen LogP contribution in [0.4, 0.5) is 5.69 Å². The first-order chi connectivity index (χ1) is 14.6. The molecular weight excluding hydrogens is 382 g/mol. The van der Waals surface area contributed by atoms with Gasteiger partial charge in [0.1, 0.15) is 11.5 Å². The van der Waals surface area contributed by atoms with E-state index in [1.54, 1.807) is 19.2 Å². The number of hydrogen-bond donors (Lipinski definition) is 1. The number of carbonyl (C=O) groups excluding carboxylic acids is 1. The van der Waals surface area contributed by atoms with Crippen molar-refractivity contribution in [1.29, 1.82) is 0 Å². The number of rotatable bonds is 9. The molecule has 1 N–H and O–H groups in total. The molecule has 1 heterocycles. The number of hydrogen-bond acceptors (Lipinski definition) is 6. The zero-order valence-electron chi connectivity index (χ0n) is 18.0. The van der Waals surface area contributed by atoms with Crippen molar-refractivity contribution in [2.75, 3.05) is 65.6 Å². The Balaban J connectivity index is 1.60. The fourth-order valence-corrected chi connectivity index (χ4v) is 3.44. The molecule has 1 aliphatic rings. The molecule has 1 fully saturated rings. The third-order valence-electron chi connectivity index (χ3n) is 5.18. The number of carbonyl (C=O) groups is 1. The summed E-state index contributed by atoms with van der Waals surface area (Å²) in [6, 6.07) is 15.8. The van der Waals surface area contributed by atoms with Gasteiger partial charge < -0.3 is 24.4 Å². The summed E-state index contributed by atoms with van der Waals surface area (Å²) in [6.45, 7) is 3.58. The molecule has 1 saturated heterocycles. The van der Waals surface area contributed by atoms with Crippen LogP contribution < -0.4 is 19.7 Å². The second kappa shape index (κ2) is 10.8. The van der Waals surface area contributed by atoms with Gasteiger partial charge in [-0.15, -0.1) is 0 Å². The highest BCUT2D eigenvalue weighted by Gasteiger charge is 2.23. The summed E-state index contributed by atoms with van der Waals surface area (Å²) < 4.78 is 16.3. The molecule has 30 heavy (non-hydrogen) atoms. The van der Waals surface area contributed by atoms with Crippen molar-refractivity contribution in [2.24, 2.45) is 0 Å². The fourth-order valence-electron chi connectivity index (χ4n) is 3.44. The van der Waals surface area contributed by atoms with Crippen LogP contribution in [-0.2, 0) is 9.53 Å². The van der Waals surface area contributed by atoms with E-state index in [2.05, 4.69) is 39.4 Å². The molecule has 1 aliphatic heterocycles. The highest BCUT2D eigenvalue weighted by Crippen LogP contribution is 2.24. The summed E-state index contributed by atoms with van der Waals surface area (Å²) in [5.74, 6) is 1.15. The summed E-state index contributed by atoms with van der Waals surface area (Å²) in [5, 5.41) is 3.03. The first-order valence-corrected chi connectivity index (χ1v) is 10.2. The highest BCUT2D eigenvalue weighted by molar-refractivity contribution is 5.77. The van der Waals surface area contributed by atoms with E-state index < -0.39 is 0 Å². The predicted molar refractivity (Wildman–Crippen MR) is 117 cm³/mol. The smallest absolute Gasteiger partial charge is 0.258 e. The van der Waals surface area contributed by atoms with Gasteiger partial charge in [0.05, 0.1) is 26.4 Å². The monoisotopic (exact) mass is 413 g/mol. The van der Waals surface area contributed by atoms with E-state index in [1.807, 2.05) is 26.2 Å². The Morgan fingerprint density at radius 3 is 2.50 bits per heavy atom. The maximum atomic E-state index is 12.4. The van der Waals surface area contributed by atoms with Crippen LogP contribution in [0.3, 0.4) is 0 Å². The summed E-state index contributed by atoms with van der Waals surface area (Å²) in [7, 11) is 5.65. The lowest BCUT2D eigenvalue weighted by atomic mass is 10.0. The lowest BCUT2D eigenvalue weighted by Gasteiger charge is -2.35. The quantitative estimate of drug-likeness (QED) is 0.681. The molecule has 7 heteroatoms. The molecule has 0 aliphatic carbocycles. The normalized spacial score (nSPS) is 15.3. The summed E-state index contributed by atoms with van der Waals surface area (Å²) in [4.78, 5) is 16.8. The van der Waals surface area contributed by atoms with Gasteiger partial charge in [-0.05, 0) is 29.8 Å². The summed E-state index contributed by atoms with van der Waals surface area (Å²) in [5.41, 5.74) is 2.33. The van der Waals surface area contributed by atoms with Crippen molar-refractivity contribution in [3.8, 4) is 11.5 Å². The number of nitrogens with zero attached hydrogens (tertiary/aromatic N) is 2. The molecule has 0 spiro atoms. The predicted octanol–water partition coefficient (Wildman–Crippen LogP) is 2.33. The van der Waals surface area contributed by atoms with Crippen LogP contribution in [0.5, 0.6) is 11.5 Å². The van der Waals surface area contributed by atoms with Crippen LogP contribution in [0.1, 0.15) is 11.6 Å². The number of methoxy groups -OCH3 is 1. The largest absolute Gasteiger partial charge is 0.497 e. The molecule has 0 bridgehead atoms. The molecule has 7 nitrogen and oxygen atoms in total. The number of ether oxygens (including phenoxy) is 3. The van der Waals surface area contributed by atoms with E-state index in [9.17, 15) is 4.79 Å². The van der Waals surface area contributed by atoms with E-state index >= 15 is 0 Å². The van der Waals surface area contributed by atoms with Crippen molar-refractivity contribution in [3.05, 3.63) is 54.1 Å². The van der Waals surface area contributed by atoms with Gasteiger partial charge in [-0.25, -0.2) is 0 Å². The Labute approximate surface area is 178 Å². The van der Waals surface area contributed by atoms with Crippen molar-refractivity contribution >= 4 is 11.6 Å². The number of anilines is 1. The van der Waals surface area contributed by atoms with Gasteiger partial charge in [0.2, 0.25) is 0 Å². The Kier molecular flexibility index (Phi) is 7.93. The summed E-state index contributed by atoms with van der Waals surface area (Å²) in [6.07, 6.45) is 0. The molecule has 2 aromatic rings. The minimum Gasteiger partial charge on any atom is -0.497 e. The van der Waals surface area contributed by atoms with Gasteiger partial charge >= 0.3 is 0 Å². The van der Waals surface area contributed by atoms with Crippen molar-refractivity contribution < 1.29 is 19.0 Å². The van der Waals surface area contributed by atoms with Gasteiger partial charge in [0.25, 0.3) is 5.91 Å². The Morgan fingerprint density at radius 2 is 1.83 bits per heavy atom. The zero-order chi connectivity index (χ0) is 21.3. The van der Waals surface area contributed by atoms with Crippen LogP contribution in [0, 0.1) is 0 Å². The molecule has 162 valence electrons. The Bertz CT molecular complexity index is 804. The second-order valence-electron chi connectivity index (χ2n) is 7.42. The number of nitrogens with one attached hydrogen (secondary N) is 1. The molecular formula is C23H31N3O4. The molecule has 1 atom stereocenters. The van der Waals surface area contributed by atoms with Gasteiger partial charge in [-0.3, -0.25) is 9.69 Å². The minimum absolute atomic E-state index is 0.0391. The van der Waals surface area contributed by atoms with Gasteiger partial charge in [-0.1, -0.05) is 18.2 Å². The van der Waals surface area contributed by atoms with Crippen LogP contribution in [0.25, 0.3) is 0 Å². The van der Waals surface area contributed by atoms with E-state index in [1.165, 1.54) is 5.56 Å². The molecule has 0 unspecified atom stereocenters. The molecule has 0 aromatic heterocycles. The third kappa shape index (κ3) is 6.11. The SMILES string of the molecule is COc1cccc(OCC(=O)NC[C@H](c2ccc(N(C)C)cc2)N2CCOCC2)c1. The maximum absolute atomic E-state index is 12.4. The van der Waals surface area contributed by atoms with E-state index in [0.29, 0.717) is 31.3 Å². The van der Waals surface area contributed by atoms with Gasteiger partial charge in [-0.2, -0.15) is 0 Å². The molecule has 1 amide bonds. The average molecular weight is 414 g/mol. The topological polar surface area (TPSA) is 63.3 Å². The third-order valence-corrected chi connectivity index (χ3v) is 5.18. The van der Waals surface area contributed by atoms with Crippen LogP contribution in [0.15, 0.2) is 48.5 Å². The highest BCUT2D eigenvalue weighted by atomic mass is 16.5. The minimum atomic E-state index is -0.152. The number of morpholine rings is 1. The number of amides is 1. The van der Waals surface area contributed by atoms with Crippen LogP contribution in [-0.4, -0.2) is 71.5 Å². The molecule has 0 radical (unpaired) electrons. The Morgan fingerprint density at radius 1 is 1.13 bits per heavy atom. The van der Waals surface area contributed by atoms with Gasteiger partial charge in [0.15, 0.2) is 6.61 Å². The number of benzene rings is 2. The van der Waals surface area contributed by atoms with Gasteiger partial charge in [0, 0.05) is 45.5 Å². The zero-order valence-corrected chi connectivity index (χ0v) is 18.0. The van der Waals surface area contributed by atoms with Crippen molar-refractivity contribution in [1.82, 2.24) is 10.2 Å². The average Bonchev–Trinajstić information content (AvgIpc) is 2.79. The van der Waals surface area contributed by atoms with Crippen molar-refractivity contribution in [2.45, 2.75) is 6.04 Å². The van der Waals surface area contributed by atoms with E-state index in [4.69, 9.17) is 14.2 Å². The van der Waals surface area contributed by atoms with Crippen LogP contribution >= 0.6 is 0 Å². The Hall–Kier alpha value is -2.77. The lowest BCUT2D eigenvalue weighted by Crippen LogP contribution is -2.44. The van der Waals surface area contributed by atoms with Crippen LogP contribution in [0.2, 0.25) is 0 Å². The standard InChI is InChI=1S/C23H31N3O4/c1-25(2)19-9-7-18(8-10-19)22(26-11-13-29-14-12-26)16-24-23(27)17-30-21-6-4-5-20(15-21)28-3/h4-10,15,22H,11-14,16-17H2,1-3H3,(H,24,27)/t22-/m1/s1. The lowest BCUT2D eigenvalue weighted by molar-refractivity contribution is -0.123. The first kappa shape index (κ1) is 21.9. The second-order valence-corrected chi connectivity index (χ2v) is 7.42. The summed E-state index contributed by atoms with van der Waals surface area (Å²) >= 11 is 0. The van der Waals surface area contributed by atoms with E-state index in [0.717, 1.165) is 18.8 Å². The molecule has 0 saturated carbocycles. The fraction of sp³-hybridized carbons (Fsp3) is 0.435. The van der Waals surface area contributed by atoms with E-state index in [-0.39, 0.29) is 18.6 Å². The van der Waals surface area contributed by atoms with Crippen molar-refractivity contribution in [3.63, 3.8) is 0 Å². The molecule has 3 rings (SSSR count). The molecule has 2 aromatic carbocycles. The first-order valence-electron chi connectivity index (χ1n) is 10.2. The maximum Gasteiger partial charge on any atom is 0.258 e.